The summed E-state index contributed by atoms with van der Waals surface area (Å²) >= 11 is 4.94. The van der Waals surface area contributed by atoms with Crippen molar-refractivity contribution in [3.8, 4) is 0 Å². The van der Waals surface area contributed by atoms with Gasteiger partial charge in [-0.3, -0.25) is 0 Å². The molecule has 0 aromatic carbocycles. The van der Waals surface area contributed by atoms with Crippen molar-refractivity contribution in [1.29, 1.82) is 0 Å². The number of esters is 1. The molecule has 2 nitrogen and oxygen atoms in total. The van der Waals surface area contributed by atoms with Crippen molar-refractivity contribution >= 4 is 17.6 Å². The molecule has 0 amide bonds. The standard InChI is InChI=1S/C7H6ClF5O2/c1-3(8)5(14)15-4(2)6(9,10)7(11,12)13/h4H,1H2,2H3. The van der Waals surface area contributed by atoms with Crippen LogP contribution in [0.3, 0.4) is 0 Å². The second-order valence-electron chi connectivity index (χ2n) is 2.57. The van der Waals surface area contributed by atoms with Crippen LogP contribution in [-0.4, -0.2) is 24.2 Å². The van der Waals surface area contributed by atoms with Crippen LogP contribution in [0, 0.1) is 0 Å². The maximum Gasteiger partial charge on any atom is 0.457 e. The molecule has 0 radical (unpaired) electrons. The summed E-state index contributed by atoms with van der Waals surface area (Å²) in [5.41, 5.74) is 0. The van der Waals surface area contributed by atoms with Crippen LogP contribution >= 0.6 is 11.6 Å². The number of halogens is 6. The van der Waals surface area contributed by atoms with E-state index in [2.05, 4.69) is 11.3 Å². The molecule has 1 atom stereocenters. The van der Waals surface area contributed by atoms with Gasteiger partial charge in [-0.05, 0) is 6.92 Å². The highest BCUT2D eigenvalue weighted by molar-refractivity contribution is 6.40. The van der Waals surface area contributed by atoms with E-state index < -0.39 is 29.2 Å². The third-order valence-corrected chi connectivity index (χ3v) is 1.55. The topological polar surface area (TPSA) is 26.3 Å². The van der Waals surface area contributed by atoms with Crippen LogP contribution in [0.25, 0.3) is 0 Å². The maximum atomic E-state index is 12.5. The Labute approximate surface area is 86.6 Å². The Morgan fingerprint density at radius 1 is 1.33 bits per heavy atom. The molecule has 0 spiro atoms. The van der Waals surface area contributed by atoms with Gasteiger partial charge in [0.05, 0.1) is 0 Å². The zero-order valence-electron chi connectivity index (χ0n) is 7.37. The first kappa shape index (κ1) is 14.2. The van der Waals surface area contributed by atoms with Crippen molar-refractivity contribution in [1.82, 2.24) is 0 Å². The fourth-order valence-electron chi connectivity index (χ4n) is 0.529. The van der Waals surface area contributed by atoms with E-state index in [1.54, 1.807) is 0 Å². The molecule has 0 aliphatic heterocycles. The van der Waals surface area contributed by atoms with E-state index in [0.717, 1.165) is 0 Å². The van der Waals surface area contributed by atoms with Gasteiger partial charge in [0.2, 0.25) is 0 Å². The van der Waals surface area contributed by atoms with Gasteiger partial charge < -0.3 is 4.74 Å². The van der Waals surface area contributed by atoms with Gasteiger partial charge in [-0.1, -0.05) is 18.2 Å². The Morgan fingerprint density at radius 3 is 2.00 bits per heavy atom. The van der Waals surface area contributed by atoms with Crippen molar-refractivity contribution in [2.75, 3.05) is 0 Å². The predicted molar refractivity (Wildman–Crippen MR) is 41.5 cm³/mol. The van der Waals surface area contributed by atoms with Crippen LogP contribution < -0.4 is 0 Å². The van der Waals surface area contributed by atoms with E-state index >= 15 is 0 Å². The summed E-state index contributed by atoms with van der Waals surface area (Å²) in [6, 6.07) is 0. The highest BCUT2D eigenvalue weighted by atomic mass is 35.5. The van der Waals surface area contributed by atoms with E-state index in [1.165, 1.54) is 0 Å². The summed E-state index contributed by atoms with van der Waals surface area (Å²) in [5.74, 6) is -6.65. The Kier molecular flexibility index (Phi) is 4.09. The number of hydrogen-bond donors (Lipinski definition) is 0. The minimum absolute atomic E-state index is 0.408. The minimum atomic E-state index is -5.79. The second kappa shape index (κ2) is 4.34. The molecular weight excluding hydrogens is 247 g/mol. The summed E-state index contributed by atoms with van der Waals surface area (Å²) in [4.78, 5) is 10.6. The first-order valence-electron chi connectivity index (χ1n) is 3.50. The average Bonchev–Trinajstić information content (AvgIpc) is 2.01. The molecule has 0 N–H and O–H groups in total. The maximum absolute atomic E-state index is 12.5. The zero-order valence-corrected chi connectivity index (χ0v) is 8.12. The largest absolute Gasteiger partial charge is 0.457 e. The lowest BCUT2D eigenvalue weighted by atomic mass is 10.2. The van der Waals surface area contributed by atoms with Crippen molar-refractivity contribution in [2.24, 2.45) is 0 Å². The Morgan fingerprint density at radius 2 is 1.73 bits per heavy atom. The Bertz CT molecular complexity index is 273. The average molecular weight is 253 g/mol. The van der Waals surface area contributed by atoms with Gasteiger partial charge in [-0.15, -0.1) is 0 Å². The highest BCUT2D eigenvalue weighted by Gasteiger charge is 2.62. The SMILES string of the molecule is C=C(Cl)C(=O)OC(C)C(F)(F)C(F)(F)F. The molecule has 0 heterocycles. The summed E-state index contributed by atoms with van der Waals surface area (Å²) < 4.78 is 63.9. The van der Waals surface area contributed by atoms with Crippen LogP contribution in [-0.2, 0) is 9.53 Å². The lowest BCUT2D eigenvalue weighted by Gasteiger charge is -2.25. The molecule has 0 aliphatic carbocycles. The molecule has 0 aromatic rings. The summed E-state index contributed by atoms with van der Waals surface area (Å²) in [5, 5.41) is -0.778. The molecular formula is C7H6ClF5O2. The van der Waals surface area contributed by atoms with Crippen molar-refractivity contribution < 1.29 is 31.5 Å². The normalized spacial score (nSPS) is 14.6. The zero-order chi connectivity index (χ0) is 12.4. The van der Waals surface area contributed by atoms with Gasteiger partial charge in [0.25, 0.3) is 0 Å². The fraction of sp³-hybridized carbons (Fsp3) is 0.571. The van der Waals surface area contributed by atoms with Crippen LogP contribution in [0.4, 0.5) is 22.0 Å². The van der Waals surface area contributed by atoms with Gasteiger partial charge in [0.15, 0.2) is 6.10 Å². The van der Waals surface area contributed by atoms with Crippen LogP contribution in [0.15, 0.2) is 11.6 Å². The molecule has 8 heteroatoms. The smallest absolute Gasteiger partial charge is 0.452 e. The van der Waals surface area contributed by atoms with Crippen molar-refractivity contribution in [3.63, 3.8) is 0 Å². The Balaban J connectivity index is 4.66. The lowest BCUT2D eigenvalue weighted by Crippen LogP contribution is -2.47. The summed E-state index contributed by atoms with van der Waals surface area (Å²) in [6.45, 7) is 3.23. The molecule has 0 bridgehead atoms. The van der Waals surface area contributed by atoms with Gasteiger partial charge >= 0.3 is 18.1 Å². The first-order valence-corrected chi connectivity index (χ1v) is 3.88. The summed E-state index contributed by atoms with van der Waals surface area (Å²) in [7, 11) is 0. The Hall–Kier alpha value is -0.850. The van der Waals surface area contributed by atoms with E-state index in [1.807, 2.05) is 0 Å². The molecule has 15 heavy (non-hydrogen) atoms. The highest BCUT2D eigenvalue weighted by Crippen LogP contribution is 2.39. The van der Waals surface area contributed by atoms with E-state index in [0.29, 0.717) is 6.92 Å². The van der Waals surface area contributed by atoms with Gasteiger partial charge in [-0.25, -0.2) is 4.79 Å². The molecule has 0 aliphatic rings. The number of ether oxygens (including phenoxy) is 1. The monoisotopic (exact) mass is 252 g/mol. The van der Waals surface area contributed by atoms with Crippen LogP contribution in [0.2, 0.25) is 0 Å². The van der Waals surface area contributed by atoms with E-state index in [9.17, 15) is 26.7 Å². The van der Waals surface area contributed by atoms with Crippen LogP contribution in [0.5, 0.6) is 0 Å². The summed E-state index contributed by atoms with van der Waals surface area (Å²) in [6.07, 6.45) is -8.46. The second-order valence-corrected chi connectivity index (χ2v) is 3.03. The first-order chi connectivity index (χ1) is 6.50. The number of hydrogen-bond acceptors (Lipinski definition) is 2. The minimum Gasteiger partial charge on any atom is -0.452 e. The van der Waals surface area contributed by atoms with Crippen LogP contribution in [0.1, 0.15) is 6.92 Å². The number of rotatable bonds is 3. The number of alkyl halides is 5. The molecule has 0 saturated heterocycles. The van der Waals surface area contributed by atoms with Gasteiger partial charge in [0, 0.05) is 0 Å². The third-order valence-electron chi connectivity index (χ3n) is 1.39. The molecule has 0 saturated carbocycles. The van der Waals surface area contributed by atoms with Gasteiger partial charge in [0.1, 0.15) is 5.03 Å². The number of carbonyl (C=O) groups is 1. The molecule has 88 valence electrons. The van der Waals surface area contributed by atoms with Crippen molar-refractivity contribution in [3.05, 3.63) is 11.6 Å². The van der Waals surface area contributed by atoms with Crippen molar-refractivity contribution in [2.45, 2.75) is 25.1 Å². The molecule has 0 rings (SSSR count). The fourth-order valence-corrected chi connectivity index (χ4v) is 0.574. The number of carbonyl (C=O) groups excluding carboxylic acids is 1. The van der Waals surface area contributed by atoms with E-state index in [-0.39, 0.29) is 0 Å². The quantitative estimate of drug-likeness (QED) is 0.439. The predicted octanol–water partition coefficient (Wildman–Crippen LogP) is 2.87. The third kappa shape index (κ3) is 3.33. The molecule has 1 unspecified atom stereocenters. The van der Waals surface area contributed by atoms with Gasteiger partial charge in [-0.2, -0.15) is 22.0 Å². The van der Waals surface area contributed by atoms with E-state index in [4.69, 9.17) is 11.6 Å². The molecule has 0 fully saturated rings. The lowest BCUT2D eigenvalue weighted by molar-refractivity contribution is -0.311. The molecule has 0 aromatic heterocycles.